The summed E-state index contributed by atoms with van der Waals surface area (Å²) in [5, 5.41) is 0. The molecule has 0 amide bonds. The van der Waals surface area contributed by atoms with E-state index in [1.807, 2.05) is 0 Å². The number of ether oxygens (including phenoxy) is 2. The number of hydrogen-bond acceptors (Lipinski definition) is 6. The Morgan fingerprint density at radius 2 is 1.95 bits per heavy atom. The molecule has 0 aliphatic carbocycles. The van der Waals surface area contributed by atoms with Gasteiger partial charge in [-0.2, -0.15) is 0 Å². The van der Waals surface area contributed by atoms with Crippen molar-refractivity contribution in [2.75, 3.05) is 25.7 Å². The first-order valence-corrected chi connectivity index (χ1v) is 5.44. The molecule has 0 atom stereocenters. The van der Waals surface area contributed by atoms with Gasteiger partial charge in [0.15, 0.2) is 5.82 Å². The number of H-pyrrole nitrogens is 1. The first-order valence-electron chi connectivity index (χ1n) is 5.44. The van der Waals surface area contributed by atoms with Crippen LogP contribution in [0.15, 0.2) is 23.0 Å². The van der Waals surface area contributed by atoms with Crippen molar-refractivity contribution in [3.05, 3.63) is 28.6 Å². The Morgan fingerprint density at radius 3 is 2.53 bits per heavy atom. The number of aromatic nitrogens is 2. The van der Waals surface area contributed by atoms with Crippen LogP contribution in [-0.4, -0.2) is 24.2 Å². The molecule has 0 fully saturated rings. The van der Waals surface area contributed by atoms with E-state index in [0.717, 1.165) is 0 Å². The summed E-state index contributed by atoms with van der Waals surface area (Å²) in [5.74, 6) is 1.41. The molecule has 0 aliphatic rings. The van der Waals surface area contributed by atoms with E-state index in [1.54, 1.807) is 25.3 Å². The summed E-state index contributed by atoms with van der Waals surface area (Å²) in [6, 6.07) is 5.12. The number of nitrogen functional groups attached to an aromatic ring is 2. The van der Waals surface area contributed by atoms with Gasteiger partial charge in [0.1, 0.15) is 23.0 Å². The zero-order valence-electron chi connectivity index (χ0n) is 10.6. The fourth-order valence-corrected chi connectivity index (χ4v) is 1.62. The topological polar surface area (TPSA) is 116 Å². The first kappa shape index (κ1) is 12.7. The zero-order chi connectivity index (χ0) is 14.0. The number of benzene rings is 1. The summed E-state index contributed by atoms with van der Waals surface area (Å²) in [4.78, 5) is 18.2. The summed E-state index contributed by atoms with van der Waals surface area (Å²) in [6.45, 7) is 0. The van der Waals surface area contributed by atoms with Crippen LogP contribution >= 0.6 is 0 Å². The smallest absolute Gasteiger partial charge is 0.276 e. The highest BCUT2D eigenvalue weighted by Gasteiger charge is 2.12. The summed E-state index contributed by atoms with van der Waals surface area (Å²) in [7, 11) is 3.06. The van der Waals surface area contributed by atoms with Gasteiger partial charge in [0.05, 0.1) is 19.8 Å². The summed E-state index contributed by atoms with van der Waals surface area (Å²) < 4.78 is 10.3. The highest BCUT2D eigenvalue weighted by Crippen LogP contribution is 2.31. The molecule has 100 valence electrons. The highest BCUT2D eigenvalue weighted by molar-refractivity contribution is 5.69. The highest BCUT2D eigenvalue weighted by atomic mass is 16.5. The van der Waals surface area contributed by atoms with Gasteiger partial charge in [-0.25, -0.2) is 4.98 Å². The van der Waals surface area contributed by atoms with Gasteiger partial charge >= 0.3 is 0 Å². The van der Waals surface area contributed by atoms with Crippen molar-refractivity contribution >= 4 is 11.5 Å². The first-order chi connectivity index (χ1) is 9.06. The van der Waals surface area contributed by atoms with Gasteiger partial charge < -0.3 is 25.9 Å². The predicted octanol–water partition coefficient (Wildman–Crippen LogP) is 0.619. The van der Waals surface area contributed by atoms with E-state index < -0.39 is 5.56 Å². The molecule has 0 saturated heterocycles. The van der Waals surface area contributed by atoms with Gasteiger partial charge in [-0.05, 0) is 12.1 Å². The van der Waals surface area contributed by atoms with Gasteiger partial charge in [0.2, 0.25) is 0 Å². The number of hydrogen-bond donors (Lipinski definition) is 3. The van der Waals surface area contributed by atoms with Crippen LogP contribution in [0.5, 0.6) is 11.5 Å². The average molecular weight is 262 g/mol. The summed E-state index contributed by atoms with van der Waals surface area (Å²) >= 11 is 0. The fraction of sp³-hybridized carbons (Fsp3) is 0.167. The van der Waals surface area contributed by atoms with Crippen molar-refractivity contribution in [2.45, 2.75) is 0 Å². The van der Waals surface area contributed by atoms with Crippen LogP contribution < -0.4 is 26.5 Å². The minimum absolute atomic E-state index is 0.0170. The molecule has 2 rings (SSSR count). The number of anilines is 2. The van der Waals surface area contributed by atoms with Crippen LogP contribution in [0.25, 0.3) is 11.4 Å². The largest absolute Gasteiger partial charge is 0.497 e. The summed E-state index contributed by atoms with van der Waals surface area (Å²) in [6.07, 6.45) is 0. The molecule has 5 N–H and O–H groups in total. The van der Waals surface area contributed by atoms with Gasteiger partial charge in [-0.3, -0.25) is 4.79 Å². The second kappa shape index (κ2) is 4.89. The van der Waals surface area contributed by atoms with E-state index in [4.69, 9.17) is 20.9 Å². The molecule has 0 unspecified atom stereocenters. The number of aromatic amines is 1. The van der Waals surface area contributed by atoms with E-state index in [-0.39, 0.29) is 17.3 Å². The van der Waals surface area contributed by atoms with E-state index in [9.17, 15) is 4.79 Å². The predicted molar refractivity (Wildman–Crippen MR) is 72.2 cm³/mol. The van der Waals surface area contributed by atoms with Crippen molar-refractivity contribution in [1.82, 2.24) is 9.97 Å². The van der Waals surface area contributed by atoms with E-state index in [0.29, 0.717) is 17.1 Å². The summed E-state index contributed by atoms with van der Waals surface area (Å²) in [5.41, 5.74) is 11.1. The van der Waals surface area contributed by atoms with Gasteiger partial charge in [-0.1, -0.05) is 0 Å². The van der Waals surface area contributed by atoms with Crippen LogP contribution in [0.4, 0.5) is 11.5 Å². The molecule has 7 heteroatoms. The van der Waals surface area contributed by atoms with Crippen LogP contribution in [0.2, 0.25) is 0 Å². The second-order valence-electron chi connectivity index (χ2n) is 3.78. The Kier molecular flexibility index (Phi) is 3.28. The van der Waals surface area contributed by atoms with Crippen molar-refractivity contribution in [1.29, 1.82) is 0 Å². The molecule has 0 bridgehead atoms. The molecule has 1 aromatic carbocycles. The molecular formula is C12H14N4O3. The maximum atomic E-state index is 11.6. The molecular weight excluding hydrogens is 248 g/mol. The van der Waals surface area contributed by atoms with E-state index in [1.165, 1.54) is 7.11 Å². The Bertz CT molecular complexity index is 667. The Hall–Kier alpha value is -2.70. The molecule has 2 aromatic rings. The molecule has 19 heavy (non-hydrogen) atoms. The number of rotatable bonds is 3. The van der Waals surface area contributed by atoms with Crippen LogP contribution in [0, 0.1) is 0 Å². The third-order valence-corrected chi connectivity index (χ3v) is 2.65. The normalized spacial score (nSPS) is 10.2. The van der Waals surface area contributed by atoms with E-state index in [2.05, 4.69) is 9.97 Å². The third kappa shape index (κ3) is 2.30. The number of methoxy groups -OCH3 is 2. The fourth-order valence-electron chi connectivity index (χ4n) is 1.62. The Balaban J connectivity index is 2.62. The molecule has 0 spiro atoms. The Labute approximate surface area is 109 Å². The van der Waals surface area contributed by atoms with Crippen LogP contribution in [-0.2, 0) is 0 Å². The van der Waals surface area contributed by atoms with Gasteiger partial charge in [0.25, 0.3) is 5.56 Å². The number of nitrogens with one attached hydrogen (secondary N) is 1. The van der Waals surface area contributed by atoms with Crippen molar-refractivity contribution in [3.63, 3.8) is 0 Å². The molecule has 0 saturated carbocycles. The lowest BCUT2D eigenvalue weighted by Crippen LogP contribution is -2.17. The second-order valence-corrected chi connectivity index (χ2v) is 3.78. The minimum Gasteiger partial charge on any atom is -0.497 e. The molecule has 7 nitrogen and oxygen atoms in total. The molecule has 0 radical (unpaired) electrons. The van der Waals surface area contributed by atoms with E-state index >= 15 is 0 Å². The third-order valence-electron chi connectivity index (χ3n) is 2.65. The maximum Gasteiger partial charge on any atom is 0.276 e. The average Bonchev–Trinajstić information content (AvgIpc) is 2.43. The van der Waals surface area contributed by atoms with Crippen LogP contribution in [0.3, 0.4) is 0 Å². The standard InChI is InChI=1S/C12H14N4O3/c1-18-6-3-4-7(8(5-6)19-2)11-15-10(14)9(13)12(17)16-11/h3-5H,13H2,1-2H3,(H3,14,15,16,17). The number of nitrogens with zero attached hydrogens (tertiary/aromatic N) is 1. The SMILES string of the molecule is COc1ccc(-c2nc(N)c(N)c(=O)[nH]2)c(OC)c1. The Morgan fingerprint density at radius 1 is 1.21 bits per heavy atom. The lowest BCUT2D eigenvalue weighted by Gasteiger charge is -2.10. The molecule has 1 aromatic heterocycles. The minimum atomic E-state index is -0.486. The lowest BCUT2D eigenvalue weighted by molar-refractivity contribution is 0.395. The number of nitrogens with two attached hydrogens (primary N) is 2. The monoisotopic (exact) mass is 262 g/mol. The molecule has 0 aliphatic heterocycles. The van der Waals surface area contributed by atoms with Gasteiger partial charge in [-0.15, -0.1) is 0 Å². The van der Waals surface area contributed by atoms with Crippen molar-refractivity contribution in [2.24, 2.45) is 0 Å². The molecule has 1 heterocycles. The maximum absolute atomic E-state index is 11.6. The zero-order valence-corrected chi connectivity index (χ0v) is 10.6. The quantitative estimate of drug-likeness (QED) is 0.746. The van der Waals surface area contributed by atoms with Crippen molar-refractivity contribution in [3.8, 4) is 22.9 Å². The van der Waals surface area contributed by atoms with Crippen LogP contribution in [0.1, 0.15) is 0 Å². The van der Waals surface area contributed by atoms with Gasteiger partial charge in [0, 0.05) is 6.07 Å². The van der Waals surface area contributed by atoms with Crippen molar-refractivity contribution < 1.29 is 9.47 Å². The lowest BCUT2D eigenvalue weighted by atomic mass is 10.1.